The Kier molecular flexibility index (Phi) is 2.66. The molecule has 3 heteroatoms. The van der Waals surface area contributed by atoms with Gasteiger partial charge in [-0.05, 0) is 23.8 Å². The third kappa shape index (κ3) is 1.46. The number of aliphatic carboxylic acids is 1. The second kappa shape index (κ2) is 3.29. The van der Waals surface area contributed by atoms with Crippen molar-refractivity contribution in [3.63, 3.8) is 0 Å². The van der Waals surface area contributed by atoms with E-state index in [1.807, 2.05) is 13.8 Å². The Morgan fingerprint density at radius 2 is 2.00 bits per heavy atom. The van der Waals surface area contributed by atoms with E-state index in [1.165, 1.54) is 0 Å². The summed E-state index contributed by atoms with van der Waals surface area (Å²) in [6, 6.07) is -0.282. The Balaban J connectivity index is 0.000000396. The molecule has 0 amide bonds. The van der Waals surface area contributed by atoms with Crippen molar-refractivity contribution in [1.29, 1.82) is 0 Å². The Morgan fingerprint density at radius 1 is 1.46 bits per heavy atom. The van der Waals surface area contributed by atoms with Gasteiger partial charge in [-0.3, -0.25) is 4.79 Å². The molecule has 1 heterocycles. The Labute approximate surface area is 79.5 Å². The van der Waals surface area contributed by atoms with Crippen molar-refractivity contribution in [3.8, 4) is 0 Å². The molecule has 2 aliphatic rings. The van der Waals surface area contributed by atoms with E-state index in [-0.39, 0.29) is 11.5 Å². The highest BCUT2D eigenvalue weighted by Crippen LogP contribution is 2.62. The van der Waals surface area contributed by atoms with Gasteiger partial charge in [0.25, 0.3) is 0 Å². The van der Waals surface area contributed by atoms with E-state index < -0.39 is 5.97 Å². The van der Waals surface area contributed by atoms with Gasteiger partial charge in [0, 0.05) is 0 Å². The summed E-state index contributed by atoms with van der Waals surface area (Å²) >= 11 is 0. The van der Waals surface area contributed by atoms with E-state index in [9.17, 15) is 4.79 Å². The molecule has 0 aromatic rings. The van der Waals surface area contributed by atoms with Crippen molar-refractivity contribution in [2.75, 3.05) is 6.54 Å². The van der Waals surface area contributed by atoms with Crippen LogP contribution in [0.15, 0.2) is 0 Å². The molecule has 76 valence electrons. The molecule has 1 aliphatic heterocycles. The van der Waals surface area contributed by atoms with Gasteiger partial charge in [-0.25, -0.2) is 0 Å². The minimum Gasteiger partial charge on any atom is -0.480 e. The summed E-state index contributed by atoms with van der Waals surface area (Å²) in [5.41, 5.74) is 0.272. The van der Waals surface area contributed by atoms with Crippen LogP contribution in [-0.4, -0.2) is 23.7 Å². The third-order valence-electron chi connectivity index (χ3n) is 3.32. The van der Waals surface area contributed by atoms with Gasteiger partial charge in [-0.1, -0.05) is 27.7 Å². The van der Waals surface area contributed by atoms with E-state index in [0.717, 1.165) is 6.54 Å². The van der Waals surface area contributed by atoms with Crippen LogP contribution in [0.2, 0.25) is 0 Å². The average Bonchev–Trinajstić information content (AvgIpc) is 2.55. The molecule has 2 rings (SSSR count). The molecule has 0 aromatic heterocycles. The molecule has 13 heavy (non-hydrogen) atoms. The zero-order valence-corrected chi connectivity index (χ0v) is 8.79. The van der Waals surface area contributed by atoms with E-state index in [4.69, 9.17) is 5.11 Å². The monoisotopic (exact) mass is 185 g/mol. The maximum absolute atomic E-state index is 10.7. The van der Waals surface area contributed by atoms with Gasteiger partial charge in [0.2, 0.25) is 0 Å². The van der Waals surface area contributed by atoms with Crippen LogP contribution in [0, 0.1) is 17.3 Å². The summed E-state index contributed by atoms with van der Waals surface area (Å²) < 4.78 is 0. The Bertz CT molecular complexity index is 213. The smallest absolute Gasteiger partial charge is 0.321 e. The fourth-order valence-corrected chi connectivity index (χ4v) is 2.46. The number of carboxylic acid groups (broad SMARTS) is 1. The van der Waals surface area contributed by atoms with Crippen molar-refractivity contribution < 1.29 is 9.90 Å². The van der Waals surface area contributed by atoms with Gasteiger partial charge >= 0.3 is 5.97 Å². The fourth-order valence-electron chi connectivity index (χ4n) is 2.46. The van der Waals surface area contributed by atoms with Crippen LogP contribution in [0.5, 0.6) is 0 Å². The number of carbonyl (C=O) groups is 1. The number of hydrogen-bond acceptors (Lipinski definition) is 2. The van der Waals surface area contributed by atoms with Crippen molar-refractivity contribution in [2.45, 2.75) is 33.7 Å². The van der Waals surface area contributed by atoms with Gasteiger partial charge in [0.05, 0.1) is 0 Å². The summed E-state index contributed by atoms with van der Waals surface area (Å²) in [7, 11) is 0. The topological polar surface area (TPSA) is 49.3 Å². The van der Waals surface area contributed by atoms with Crippen molar-refractivity contribution >= 4 is 5.97 Å². The molecule has 1 aliphatic carbocycles. The van der Waals surface area contributed by atoms with Crippen LogP contribution in [0.3, 0.4) is 0 Å². The first-order valence-corrected chi connectivity index (χ1v) is 5.01. The van der Waals surface area contributed by atoms with Crippen LogP contribution in [0.4, 0.5) is 0 Å². The maximum Gasteiger partial charge on any atom is 0.321 e. The van der Waals surface area contributed by atoms with Crippen molar-refractivity contribution in [2.24, 2.45) is 17.3 Å². The molecule has 0 spiro atoms. The number of carboxylic acids is 1. The molecule has 2 N–H and O–H groups in total. The zero-order valence-electron chi connectivity index (χ0n) is 8.79. The number of fused-ring (bicyclic) bond motifs is 1. The minimum atomic E-state index is -0.692. The standard InChI is InChI=1S/C8H13NO2.C2H6/c1-8(2)4-3-9-6(5(4)8)7(10)11;1-2/h4-6,9H,3H2,1-2H3,(H,10,11);1-2H3/t4?,5-,6?;/m0./s1. The first-order valence-electron chi connectivity index (χ1n) is 5.01. The highest BCUT2D eigenvalue weighted by molar-refractivity contribution is 5.75. The number of piperidine rings is 1. The highest BCUT2D eigenvalue weighted by atomic mass is 16.4. The Morgan fingerprint density at radius 3 is 2.23 bits per heavy atom. The van der Waals surface area contributed by atoms with Gasteiger partial charge in [-0.15, -0.1) is 0 Å². The summed E-state index contributed by atoms with van der Waals surface area (Å²) in [5, 5.41) is 11.8. The van der Waals surface area contributed by atoms with Gasteiger partial charge < -0.3 is 10.4 Å². The largest absolute Gasteiger partial charge is 0.480 e. The first-order chi connectivity index (χ1) is 6.05. The highest BCUT2D eigenvalue weighted by Gasteiger charge is 2.65. The zero-order chi connectivity index (χ0) is 10.2. The summed E-state index contributed by atoms with van der Waals surface area (Å²) in [6.45, 7) is 9.19. The summed E-state index contributed by atoms with van der Waals surface area (Å²) in [4.78, 5) is 10.7. The molecule has 2 fully saturated rings. The average molecular weight is 185 g/mol. The molecular formula is C10H19NO2. The van der Waals surface area contributed by atoms with Crippen LogP contribution in [0.25, 0.3) is 0 Å². The maximum atomic E-state index is 10.7. The first kappa shape index (κ1) is 10.5. The van der Waals surface area contributed by atoms with Gasteiger partial charge in [-0.2, -0.15) is 0 Å². The molecule has 0 radical (unpaired) electrons. The minimum absolute atomic E-state index is 0.272. The van der Waals surface area contributed by atoms with E-state index in [0.29, 0.717) is 11.8 Å². The molecule has 0 aromatic carbocycles. The lowest BCUT2D eigenvalue weighted by Crippen LogP contribution is -2.37. The summed E-state index contributed by atoms with van der Waals surface area (Å²) in [5.74, 6) is 0.284. The van der Waals surface area contributed by atoms with Crippen molar-refractivity contribution in [3.05, 3.63) is 0 Å². The van der Waals surface area contributed by atoms with Crippen LogP contribution in [-0.2, 0) is 4.79 Å². The normalized spacial score (nSPS) is 38.6. The second-order valence-electron chi connectivity index (χ2n) is 4.18. The lowest BCUT2D eigenvalue weighted by atomic mass is 10.0. The molecular weight excluding hydrogens is 166 g/mol. The molecule has 1 saturated carbocycles. The van der Waals surface area contributed by atoms with E-state index >= 15 is 0 Å². The third-order valence-corrected chi connectivity index (χ3v) is 3.32. The lowest BCUT2D eigenvalue weighted by Gasteiger charge is -2.14. The molecule has 0 bridgehead atoms. The molecule has 3 nitrogen and oxygen atoms in total. The second-order valence-corrected chi connectivity index (χ2v) is 4.18. The van der Waals surface area contributed by atoms with Crippen molar-refractivity contribution in [1.82, 2.24) is 5.32 Å². The number of nitrogens with one attached hydrogen (secondary N) is 1. The van der Waals surface area contributed by atoms with E-state index in [2.05, 4.69) is 19.2 Å². The quantitative estimate of drug-likeness (QED) is 0.648. The molecule has 1 saturated heterocycles. The SMILES string of the molecule is CC.CC1(C)C2CNC(C(=O)O)[C@H]21. The summed E-state index contributed by atoms with van der Waals surface area (Å²) in [6.07, 6.45) is 0. The van der Waals surface area contributed by atoms with Gasteiger partial charge in [0.1, 0.15) is 6.04 Å². The van der Waals surface area contributed by atoms with E-state index in [1.54, 1.807) is 0 Å². The number of rotatable bonds is 1. The van der Waals surface area contributed by atoms with Gasteiger partial charge in [0.15, 0.2) is 0 Å². The fraction of sp³-hybridized carbons (Fsp3) is 0.900. The van der Waals surface area contributed by atoms with Crippen LogP contribution in [0.1, 0.15) is 27.7 Å². The Hall–Kier alpha value is -0.570. The molecule has 2 unspecified atom stereocenters. The number of hydrogen-bond donors (Lipinski definition) is 2. The molecule has 3 atom stereocenters. The van der Waals surface area contributed by atoms with Crippen LogP contribution >= 0.6 is 0 Å². The van der Waals surface area contributed by atoms with Crippen LogP contribution < -0.4 is 5.32 Å². The predicted molar refractivity (Wildman–Crippen MR) is 51.5 cm³/mol. The predicted octanol–water partition coefficient (Wildman–Crippen LogP) is 1.34. The lowest BCUT2D eigenvalue weighted by molar-refractivity contribution is -0.139.